The van der Waals surface area contributed by atoms with Crippen molar-refractivity contribution in [3.63, 3.8) is 0 Å². The molecule has 0 radical (unpaired) electrons. The van der Waals surface area contributed by atoms with Crippen molar-refractivity contribution in [2.24, 2.45) is 0 Å². The minimum atomic E-state index is -4.56. The van der Waals surface area contributed by atoms with Gasteiger partial charge in [0.2, 0.25) is 0 Å². The van der Waals surface area contributed by atoms with Gasteiger partial charge in [-0.25, -0.2) is 0 Å². The largest absolute Gasteiger partial charge is 0.488 e. The van der Waals surface area contributed by atoms with Crippen molar-refractivity contribution in [2.45, 2.75) is 12.8 Å². The third kappa shape index (κ3) is 6.17. The molecule has 0 saturated carbocycles. The summed E-state index contributed by atoms with van der Waals surface area (Å²) in [6.45, 7) is 2.59. The summed E-state index contributed by atoms with van der Waals surface area (Å²) in [5, 5.41) is 8.05. The lowest BCUT2D eigenvalue weighted by molar-refractivity contribution is -0.139. The molecule has 1 fully saturated rings. The minimum Gasteiger partial charge on any atom is -0.488 e. The van der Waals surface area contributed by atoms with Gasteiger partial charge in [0.05, 0.1) is 16.9 Å². The molecule has 1 saturated heterocycles. The van der Waals surface area contributed by atoms with Crippen LogP contribution in [0.5, 0.6) is 5.75 Å². The van der Waals surface area contributed by atoms with Gasteiger partial charge in [0.25, 0.3) is 5.91 Å². The average Bonchev–Trinajstić information content (AvgIpc) is 3.04. The van der Waals surface area contributed by atoms with Crippen molar-refractivity contribution in [3.8, 4) is 16.9 Å². The number of nitrogens with one attached hydrogen (secondary N) is 2. The third-order valence-electron chi connectivity index (χ3n) is 7.44. The van der Waals surface area contributed by atoms with Gasteiger partial charge >= 0.3 is 6.18 Å². The number of pyridine rings is 1. The molecule has 6 rings (SSSR count). The van der Waals surface area contributed by atoms with Crippen LogP contribution in [0.15, 0.2) is 103 Å². The number of benzene rings is 4. The van der Waals surface area contributed by atoms with E-state index in [1.807, 2.05) is 72.8 Å². The minimum absolute atomic E-state index is 0.136. The predicted molar refractivity (Wildman–Crippen MR) is 162 cm³/mol. The van der Waals surface area contributed by atoms with Crippen molar-refractivity contribution < 1.29 is 22.7 Å². The first kappa shape index (κ1) is 28.2. The van der Waals surface area contributed by atoms with Gasteiger partial charge in [0, 0.05) is 43.3 Å². The summed E-state index contributed by atoms with van der Waals surface area (Å²) in [6.07, 6.45) is -2.96. The summed E-state index contributed by atoms with van der Waals surface area (Å²) >= 11 is 0. The Hall–Kier alpha value is -4.89. The lowest BCUT2D eigenvalue weighted by atomic mass is 9.99. The normalized spacial score (nSPS) is 13.6. The number of amides is 1. The highest BCUT2D eigenvalue weighted by atomic mass is 19.4. The van der Waals surface area contributed by atoms with E-state index in [-0.39, 0.29) is 24.0 Å². The fraction of sp³-hybridized carbons (Fsp3) is 0.176. The fourth-order valence-corrected chi connectivity index (χ4v) is 5.42. The van der Waals surface area contributed by atoms with Crippen molar-refractivity contribution >= 4 is 28.1 Å². The molecule has 218 valence electrons. The van der Waals surface area contributed by atoms with E-state index < -0.39 is 11.7 Å². The summed E-state index contributed by atoms with van der Waals surface area (Å²) in [5.41, 5.74) is 3.03. The van der Waals surface area contributed by atoms with E-state index in [0.717, 1.165) is 41.1 Å². The molecule has 6 nitrogen and oxygen atoms in total. The average molecular weight is 583 g/mol. The van der Waals surface area contributed by atoms with E-state index in [1.165, 1.54) is 18.2 Å². The van der Waals surface area contributed by atoms with Crippen molar-refractivity contribution in [3.05, 3.63) is 120 Å². The molecular weight excluding hydrogens is 553 g/mol. The van der Waals surface area contributed by atoms with Gasteiger partial charge in [-0.3, -0.25) is 9.78 Å². The van der Waals surface area contributed by atoms with Crippen LogP contribution in [0.25, 0.3) is 21.9 Å². The maximum atomic E-state index is 13.8. The van der Waals surface area contributed by atoms with Crippen molar-refractivity contribution in [1.29, 1.82) is 0 Å². The standard InChI is InChI=1S/C34H29F3N4O2/c35-34(36,37)28-12-6-7-13-30(28)43-22-26-20-25(23-8-2-1-3-9-23)21-29(32(26)41-18-16-38-17-19-41)40-33(42)31-27-11-5-4-10-24(27)14-15-39-31/h1-15,20-21,38H,16-19,22H2,(H,40,42). The van der Waals surface area contributed by atoms with E-state index in [2.05, 4.69) is 20.5 Å². The molecule has 1 amide bonds. The molecule has 43 heavy (non-hydrogen) atoms. The van der Waals surface area contributed by atoms with Crippen molar-refractivity contribution in [2.75, 3.05) is 36.4 Å². The number of aromatic nitrogens is 1. The number of ether oxygens (including phenoxy) is 1. The van der Waals surface area contributed by atoms with Crippen LogP contribution in [0, 0.1) is 0 Å². The molecule has 5 aromatic rings. The first-order chi connectivity index (χ1) is 20.9. The van der Waals surface area contributed by atoms with Gasteiger partial charge in [-0.15, -0.1) is 0 Å². The van der Waals surface area contributed by atoms with E-state index in [0.29, 0.717) is 30.0 Å². The second kappa shape index (κ2) is 12.1. The Bertz CT molecular complexity index is 1750. The number of carbonyl (C=O) groups excluding carboxylic acids is 1. The first-order valence-corrected chi connectivity index (χ1v) is 14.0. The number of halogens is 3. The summed E-state index contributed by atoms with van der Waals surface area (Å²) in [7, 11) is 0. The lowest BCUT2D eigenvalue weighted by Crippen LogP contribution is -2.44. The molecule has 1 aliphatic rings. The van der Waals surface area contributed by atoms with Crippen LogP contribution < -0.4 is 20.3 Å². The number of alkyl halides is 3. The molecule has 1 aliphatic heterocycles. The molecule has 2 N–H and O–H groups in total. The second-order valence-electron chi connectivity index (χ2n) is 10.3. The molecule has 0 spiro atoms. The SMILES string of the molecule is O=C(Nc1cc(-c2ccccc2)cc(COc2ccccc2C(F)(F)F)c1N1CCNCC1)c1nccc2ccccc12. The van der Waals surface area contributed by atoms with Crippen LogP contribution in [0.3, 0.4) is 0 Å². The number of anilines is 2. The molecule has 1 aromatic heterocycles. The zero-order valence-electron chi connectivity index (χ0n) is 23.2. The smallest absolute Gasteiger partial charge is 0.419 e. The number of nitrogens with zero attached hydrogens (tertiary/aromatic N) is 2. The van der Waals surface area contributed by atoms with E-state index in [1.54, 1.807) is 6.20 Å². The Morgan fingerprint density at radius 2 is 1.60 bits per heavy atom. The fourth-order valence-electron chi connectivity index (χ4n) is 5.42. The summed E-state index contributed by atoms with van der Waals surface area (Å²) in [4.78, 5) is 20.3. The Morgan fingerprint density at radius 1 is 0.884 bits per heavy atom. The van der Waals surface area contributed by atoms with Gasteiger partial charge in [0.15, 0.2) is 0 Å². The van der Waals surface area contributed by atoms with Gasteiger partial charge < -0.3 is 20.3 Å². The Balaban J connectivity index is 1.46. The number of fused-ring (bicyclic) bond motifs is 1. The molecule has 0 aliphatic carbocycles. The van der Waals surface area contributed by atoms with Gasteiger partial charge in [-0.05, 0) is 46.8 Å². The zero-order chi connectivity index (χ0) is 29.8. The number of para-hydroxylation sites is 1. The predicted octanol–water partition coefficient (Wildman–Crippen LogP) is 7.16. The molecule has 0 bridgehead atoms. The summed E-state index contributed by atoms with van der Waals surface area (Å²) in [5.74, 6) is -0.635. The Labute approximate surface area is 247 Å². The number of hydrogen-bond donors (Lipinski definition) is 2. The molecular formula is C34H29F3N4O2. The maximum Gasteiger partial charge on any atom is 0.419 e. The van der Waals surface area contributed by atoms with E-state index in [9.17, 15) is 18.0 Å². The molecule has 2 heterocycles. The molecule has 9 heteroatoms. The van der Waals surface area contributed by atoms with Gasteiger partial charge in [-0.2, -0.15) is 13.2 Å². The second-order valence-corrected chi connectivity index (χ2v) is 10.3. The first-order valence-electron chi connectivity index (χ1n) is 14.0. The van der Waals surface area contributed by atoms with Crippen LogP contribution >= 0.6 is 0 Å². The number of hydrogen-bond acceptors (Lipinski definition) is 5. The summed E-state index contributed by atoms with van der Waals surface area (Å²) < 4.78 is 47.2. The summed E-state index contributed by atoms with van der Waals surface area (Å²) in [6, 6.07) is 28.0. The van der Waals surface area contributed by atoms with Gasteiger partial charge in [0.1, 0.15) is 18.1 Å². The molecule has 4 aromatic carbocycles. The highest BCUT2D eigenvalue weighted by molar-refractivity contribution is 6.12. The van der Waals surface area contributed by atoms with E-state index in [4.69, 9.17) is 4.74 Å². The Morgan fingerprint density at radius 3 is 2.40 bits per heavy atom. The van der Waals surface area contributed by atoms with Crippen LogP contribution in [0.1, 0.15) is 21.6 Å². The topological polar surface area (TPSA) is 66.5 Å². The number of piperazine rings is 1. The highest BCUT2D eigenvalue weighted by Crippen LogP contribution is 2.39. The Kier molecular flexibility index (Phi) is 7.98. The molecule has 0 atom stereocenters. The van der Waals surface area contributed by atoms with Crippen LogP contribution in [0.4, 0.5) is 24.5 Å². The quantitative estimate of drug-likeness (QED) is 0.213. The van der Waals surface area contributed by atoms with Crippen molar-refractivity contribution in [1.82, 2.24) is 10.3 Å². The van der Waals surface area contributed by atoms with Crippen LogP contribution in [0.2, 0.25) is 0 Å². The third-order valence-corrected chi connectivity index (χ3v) is 7.44. The van der Waals surface area contributed by atoms with E-state index >= 15 is 0 Å². The van der Waals surface area contributed by atoms with Crippen LogP contribution in [-0.2, 0) is 12.8 Å². The monoisotopic (exact) mass is 582 g/mol. The zero-order valence-corrected chi connectivity index (χ0v) is 23.2. The van der Waals surface area contributed by atoms with Gasteiger partial charge in [-0.1, -0.05) is 66.7 Å². The lowest BCUT2D eigenvalue weighted by Gasteiger charge is -2.33. The van der Waals surface area contributed by atoms with Crippen LogP contribution in [-0.4, -0.2) is 37.1 Å². The number of rotatable bonds is 7. The maximum absolute atomic E-state index is 13.8. The highest BCUT2D eigenvalue weighted by Gasteiger charge is 2.34. The molecule has 0 unspecified atom stereocenters. The number of carbonyl (C=O) groups is 1.